The van der Waals surface area contributed by atoms with Crippen LogP contribution in [0.3, 0.4) is 0 Å². The van der Waals surface area contributed by atoms with Crippen molar-refractivity contribution < 1.29 is 9.90 Å². The molecule has 0 saturated heterocycles. The first-order valence-corrected chi connectivity index (χ1v) is 9.99. The minimum atomic E-state index is 0.0392. The van der Waals surface area contributed by atoms with Crippen molar-refractivity contribution in [3.8, 4) is 22.3 Å². The molecule has 0 spiro atoms. The van der Waals surface area contributed by atoms with Crippen LogP contribution in [0.4, 0.5) is 0 Å². The molecule has 5 aromatic carbocycles. The third-order valence-corrected chi connectivity index (χ3v) is 5.69. The average molecular weight is 388 g/mol. The summed E-state index contributed by atoms with van der Waals surface area (Å²) in [7, 11) is 0. The SMILES string of the molecule is O=Cc1ccc(-c2c3ccccc3c(-c3ccc(CO)cc3)c3ccccc23)cc1. The average Bonchev–Trinajstić information content (AvgIpc) is 2.82. The number of rotatable bonds is 4. The van der Waals surface area contributed by atoms with Gasteiger partial charge in [0.2, 0.25) is 0 Å². The van der Waals surface area contributed by atoms with Crippen LogP contribution in [0, 0.1) is 0 Å². The van der Waals surface area contributed by atoms with E-state index in [1.54, 1.807) is 0 Å². The number of aldehydes is 1. The molecule has 2 nitrogen and oxygen atoms in total. The van der Waals surface area contributed by atoms with Gasteiger partial charge in [0, 0.05) is 5.56 Å². The largest absolute Gasteiger partial charge is 0.392 e. The summed E-state index contributed by atoms with van der Waals surface area (Å²) in [6.45, 7) is 0.0392. The van der Waals surface area contributed by atoms with Crippen LogP contribution in [-0.4, -0.2) is 11.4 Å². The van der Waals surface area contributed by atoms with Gasteiger partial charge in [-0.1, -0.05) is 97.1 Å². The molecule has 0 aromatic heterocycles. The van der Waals surface area contributed by atoms with Crippen LogP contribution < -0.4 is 0 Å². The maximum atomic E-state index is 11.1. The Labute approximate surface area is 175 Å². The van der Waals surface area contributed by atoms with Crippen molar-refractivity contribution in [3.05, 3.63) is 108 Å². The number of hydrogen-bond donors (Lipinski definition) is 1. The summed E-state index contributed by atoms with van der Waals surface area (Å²) in [5.41, 5.74) is 6.16. The zero-order valence-electron chi connectivity index (χ0n) is 16.4. The summed E-state index contributed by atoms with van der Waals surface area (Å²) >= 11 is 0. The Morgan fingerprint density at radius 1 is 0.567 bits per heavy atom. The van der Waals surface area contributed by atoms with Crippen LogP contribution in [0.15, 0.2) is 97.1 Å². The van der Waals surface area contributed by atoms with Gasteiger partial charge in [-0.3, -0.25) is 4.79 Å². The fourth-order valence-electron chi connectivity index (χ4n) is 4.26. The predicted molar refractivity (Wildman–Crippen MR) is 124 cm³/mol. The summed E-state index contributed by atoms with van der Waals surface area (Å²) < 4.78 is 0. The van der Waals surface area contributed by atoms with Crippen molar-refractivity contribution in [2.75, 3.05) is 0 Å². The molecule has 30 heavy (non-hydrogen) atoms. The number of carbonyl (C=O) groups is 1. The minimum Gasteiger partial charge on any atom is -0.392 e. The molecular weight excluding hydrogens is 368 g/mol. The van der Waals surface area contributed by atoms with E-state index in [4.69, 9.17) is 0 Å². The summed E-state index contributed by atoms with van der Waals surface area (Å²) in [5, 5.41) is 14.1. The third kappa shape index (κ3) is 2.99. The van der Waals surface area contributed by atoms with Crippen LogP contribution in [0.1, 0.15) is 15.9 Å². The lowest BCUT2D eigenvalue weighted by Crippen LogP contribution is -1.91. The molecule has 0 atom stereocenters. The molecule has 0 heterocycles. The van der Waals surface area contributed by atoms with Gasteiger partial charge in [0.25, 0.3) is 0 Å². The standard InChI is InChI=1S/C28H20O2/c29-17-19-9-13-21(14-10-19)27-23-5-1-2-6-24(23)28(26-8-4-3-7-25(26)27)22-15-11-20(18-30)12-16-22/h1-17,30H,18H2. The third-order valence-electron chi connectivity index (χ3n) is 5.69. The highest BCUT2D eigenvalue weighted by atomic mass is 16.3. The zero-order valence-corrected chi connectivity index (χ0v) is 16.4. The molecule has 0 aliphatic rings. The lowest BCUT2D eigenvalue weighted by Gasteiger charge is -2.18. The van der Waals surface area contributed by atoms with E-state index in [0.29, 0.717) is 5.56 Å². The smallest absolute Gasteiger partial charge is 0.150 e. The highest BCUT2D eigenvalue weighted by Gasteiger charge is 2.16. The first-order valence-electron chi connectivity index (χ1n) is 9.99. The summed E-state index contributed by atoms with van der Waals surface area (Å²) in [4.78, 5) is 11.1. The van der Waals surface area contributed by atoms with Crippen LogP contribution in [0.25, 0.3) is 43.8 Å². The Hall–Kier alpha value is -3.75. The van der Waals surface area contributed by atoms with Gasteiger partial charge in [-0.25, -0.2) is 0 Å². The van der Waals surface area contributed by atoms with Gasteiger partial charge < -0.3 is 5.11 Å². The first-order chi connectivity index (χ1) is 14.8. The molecule has 0 saturated carbocycles. The van der Waals surface area contributed by atoms with E-state index in [9.17, 15) is 9.90 Å². The molecule has 0 aliphatic heterocycles. The summed E-state index contributed by atoms with van der Waals surface area (Å²) in [6, 6.07) is 32.8. The topological polar surface area (TPSA) is 37.3 Å². The van der Waals surface area contributed by atoms with E-state index >= 15 is 0 Å². The van der Waals surface area contributed by atoms with Crippen molar-refractivity contribution in [2.24, 2.45) is 0 Å². The quantitative estimate of drug-likeness (QED) is 0.277. The van der Waals surface area contributed by atoms with Gasteiger partial charge >= 0.3 is 0 Å². The zero-order chi connectivity index (χ0) is 20.5. The van der Waals surface area contributed by atoms with E-state index in [0.717, 1.165) is 23.0 Å². The number of benzene rings is 5. The van der Waals surface area contributed by atoms with E-state index in [-0.39, 0.29) is 6.61 Å². The number of aliphatic hydroxyl groups is 1. The molecule has 0 radical (unpaired) electrons. The monoisotopic (exact) mass is 388 g/mol. The van der Waals surface area contributed by atoms with Crippen molar-refractivity contribution in [1.82, 2.24) is 0 Å². The van der Waals surface area contributed by atoms with Gasteiger partial charge in [0.15, 0.2) is 0 Å². The number of hydrogen-bond acceptors (Lipinski definition) is 2. The molecule has 0 bridgehead atoms. The molecule has 0 amide bonds. The van der Waals surface area contributed by atoms with E-state index in [1.165, 1.54) is 32.7 Å². The van der Waals surface area contributed by atoms with E-state index in [2.05, 4.69) is 60.7 Å². The molecule has 5 aromatic rings. The van der Waals surface area contributed by atoms with Gasteiger partial charge in [-0.15, -0.1) is 0 Å². The van der Waals surface area contributed by atoms with Gasteiger partial charge in [0.1, 0.15) is 6.29 Å². The van der Waals surface area contributed by atoms with Gasteiger partial charge in [-0.2, -0.15) is 0 Å². The summed E-state index contributed by atoms with van der Waals surface area (Å²) in [6.07, 6.45) is 0.874. The number of fused-ring (bicyclic) bond motifs is 2. The number of aliphatic hydroxyl groups excluding tert-OH is 1. The second kappa shape index (κ2) is 7.58. The van der Waals surface area contributed by atoms with Crippen LogP contribution >= 0.6 is 0 Å². The van der Waals surface area contributed by atoms with Crippen LogP contribution in [0.2, 0.25) is 0 Å². The highest BCUT2D eigenvalue weighted by Crippen LogP contribution is 2.43. The Morgan fingerprint density at radius 3 is 1.33 bits per heavy atom. The second-order valence-corrected chi connectivity index (χ2v) is 7.44. The normalized spacial score (nSPS) is 11.1. The molecule has 0 aliphatic carbocycles. The lowest BCUT2D eigenvalue weighted by atomic mass is 9.86. The Morgan fingerprint density at radius 2 is 0.967 bits per heavy atom. The van der Waals surface area contributed by atoms with Crippen molar-refractivity contribution in [3.63, 3.8) is 0 Å². The molecule has 0 unspecified atom stereocenters. The van der Waals surface area contributed by atoms with Crippen LogP contribution in [-0.2, 0) is 6.61 Å². The fraction of sp³-hybridized carbons (Fsp3) is 0.0357. The molecule has 5 rings (SSSR count). The maximum Gasteiger partial charge on any atom is 0.150 e. The second-order valence-electron chi connectivity index (χ2n) is 7.44. The first kappa shape index (κ1) is 18.3. The van der Waals surface area contributed by atoms with Crippen LogP contribution in [0.5, 0.6) is 0 Å². The minimum absolute atomic E-state index is 0.0392. The van der Waals surface area contributed by atoms with Crippen molar-refractivity contribution >= 4 is 27.8 Å². The highest BCUT2D eigenvalue weighted by molar-refractivity contribution is 6.21. The van der Waals surface area contributed by atoms with Crippen molar-refractivity contribution in [1.29, 1.82) is 0 Å². The Balaban J connectivity index is 1.89. The van der Waals surface area contributed by atoms with Gasteiger partial charge in [-0.05, 0) is 49.4 Å². The molecule has 1 N–H and O–H groups in total. The van der Waals surface area contributed by atoms with Gasteiger partial charge in [0.05, 0.1) is 6.61 Å². The van der Waals surface area contributed by atoms with E-state index in [1.807, 2.05) is 36.4 Å². The Kier molecular flexibility index (Phi) is 4.62. The fourth-order valence-corrected chi connectivity index (χ4v) is 4.26. The van der Waals surface area contributed by atoms with Crippen molar-refractivity contribution in [2.45, 2.75) is 6.61 Å². The summed E-state index contributed by atoms with van der Waals surface area (Å²) in [5.74, 6) is 0. The molecule has 0 fully saturated rings. The molecule has 144 valence electrons. The lowest BCUT2D eigenvalue weighted by molar-refractivity contribution is 0.112. The Bertz CT molecular complexity index is 1310. The molecular formula is C28H20O2. The molecule has 2 heteroatoms. The van der Waals surface area contributed by atoms with E-state index < -0.39 is 0 Å². The predicted octanol–water partition coefficient (Wildman–Crippen LogP) is 6.63. The number of carbonyl (C=O) groups excluding carboxylic acids is 1. The maximum absolute atomic E-state index is 11.1.